The predicted molar refractivity (Wildman–Crippen MR) is 93.9 cm³/mol. The zero-order valence-corrected chi connectivity index (χ0v) is 19.4. The summed E-state index contributed by atoms with van der Waals surface area (Å²) in [5.74, 6) is -1.94. The molecule has 0 saturated heterocycles. The van der Waals surface area contributed by atoms with Crippen LogP contribution in [0.25, 0.3) is 0 Å². The maximum atomic E-state index is 10.1. The van der Waals surface area contributed by atoms with E-state index in [-0.39, 0.29) is 52.1 Å². The molecule has 0 unspecified atom stereocenters. The summed E-state index contributed by atoms with van der Waals surface area (Å²) < 4.78 is 0. The van der Waals surface area contributed by atoms with Crippen molar-refractivity contribution in [2.45, 2.75) is 64.2 Å². The monoisotopic (exact) mass is 441 g/mol. The fourth-order valence-electron chi connectivity index (χ4n) is 2.36. The maximum Gasteiger partial charge on any atom is 2.00 e. The third-order valence-corrected chi connectivity index (χ3v) is 3.76. The molecule has 0 aliphatic rings. The molecule has 9 heteroatoms. The minimum Gasteiger partial charge on any atom is -0.550 e. The number of aliphatic hydroxyl groups is 3. The van der Waals surface area contributed by atoms with Crippen LogP contribution in [0.1, 0.15) is 64.2 Å². The van der Waals surface area contributed by atoms with Gasteiger partial charge in [-0.2, -0.15) is 0 Å². The van der Waals surface area contributed by atoms with E-state index >= 15 is 0 Å². The van der Waals surface area contributed by atoms with Crippen LogP contribution in [0, 0.1) is 0 Å². The Morgan fingerprint density at radius 2 is 0.852 bits per heavy atom. The Kier molecular flexibility index (Phi) is 29.3. The number of unbranched alkanes of at least 4 members (excludes halogenated alkanes) is 7. The molecule has 0 aromatic rings. The minimum absolute atomic E-state index is 0. The van der Waals surface area contributed by atoms with Gasteiger partial charge in [-0.15, -0.1) is 0 Å². The van der Waals surface area contributed by atoms with Crippen LogP contribution in [-0.2, 0) is 29.1 Å². The van der Waals surface area contributed by atoms with Gasteiger partial charge >= 0.3 is 19.5 Å². The Labute approximate surface area is 175 Å². The molecule has 0 amide bonds. The number of hydrogen-bond donors (Lipinski definition) is 3. The number of carboxylic acids is 2. The number of rotatable bonds is 17. The summed E-state index contributed by atoms with van der Waals surface area (Å²) in [4.78, 5) is 22.0. The van der Waals surface area contributed by atoms with Gasteiger partial charge in [-0.05, 0) is 25.7 Å². The molecule has 0 heterocycles. The van der Waals surface area contributed by atoms with Crippen molar-refractivity contribution in [3.8, 4) is 0 Å². The first-order valence-corrected chi connectivity index (χ1v) is 9.42. The maximum absolute atomic E-state index is 10.1. The van der Waals surface area contributed by atoms with Crippen LogP contribution in [-0.4, -0.2) is 71.6 Å². The molecule has 156 valence electrons. The number of aliphatic carboxylic acids is 2. The zero-order valence-electron chi connectivity index (χ0n) is 16.4. The van der Waals surface area contributed by atoms with Crippen LogP contribution in [0.3, 0.4) is 0 Å². The number of hydrogen-bond acceptors (Lipinski definition) is 8. The molecule has 0 atom stereocenters. The standard InChI is InChI=1S/C12H22O4.C6H15NO3.Zn/c13-11(14)9-7-5-3-1-2-4-6-8-10-12(15)16;8-4-1-7(2-5-9)3-6-10;/h1-10H2,(H,13,14)(H,15,16);8-10H,1-6H2;/q;;+2/p-2. The molecule has 0 bridgehead atoms. The molecule has 0 rings (SSSR count). The second kappa shape index (κ2) is 25.4. The summed E-state index contributed by atoms with van der Waals surface area (Å²) in [6, 6.07) is 0. The number of carboxylic acid groups (broad SMARTS) is 2. The number of aliphatic hydroxyl groups excluding tert-OH is 3. The normalized spacial score (nSPS) is 10.1. The summed E-state index contributed by atoms with van der Waals surface area (Å²) in [7, 11) is 0. The van der Waals surface area contributed by atoms with Crippen LogP contribution in [0.4, 0.5) is 0 Å². The topological polar surface area (TPSA) is 144 Å². The molecule has 0 aliphatic carbocycles. The van der Waals surface area contributed by atoms with Gasteiger partial charge in [0, 0.05) is 31.6 Å². The van der Waals surface area contributed by atoms with E-state index in [0.717, 1.165) is 38.5 Å². The third-order valence-electron chi connectivity index (χ3n) is 3.76. The van der Waals surface area contributed by atoms with E-state index in [9.17, 15) is 19.8 Å². The van der Waals surface area contributed by atoms with Crippen LogP contribution < -0.4 is 10.2 Å². The van der Waals surface area contributed by atoms with Crippen molar-refractivity contribution in [1.29, 1.82) is 0 Å². The van der Waals surface area contributed by atoms with Gasteiger partial charge in [-0.25, -0.2) is 0 Å². The molecular weight excluding hydrogens is 408 g/mol. The SMILES string of the molecule is O=C([O-])CCCCCCCCCCC(=O)[O-].OCCN(CCO)CCO.[Zn+2]. The van der Waals surface area contributed by atoms with E-state index in [1.54, 1.807) is 4.90 Å². The van der Waals surface area contributed by atoms with E-state index in [2.05, 4.69) is 0 Å². The Morgan fingerprint density at radius 1 is 0.593 bits per heavy atom. The Hall–Kier alpha value is -0.597. The Balaban J connectivity index is -0.000000454. The largest absolute Gasteiger partial charge is 2.00 e. The number of carbonyl (C=O) groups excluding carboxylic acids is 2. The van der Waals surface area contributed by atoms with Crippen molar-refractivity contribution >= 4 is 11.9 Å². The molecule has 0 aliphatic heterocycles. The van der Waals surface area contributed by atoms with E-state index in [4.69, 9.17) is 15.3 Å². The van der Waals surface area contributed by atoms with Gasteiger partial charge in [-0.3, -0.25) is 4.90 Å². The fourth-order valence-corrected chi connectivity index (χ4v) is 2.36. The van der Waals surface area contributed by atoms with Crippen LogP contribution in [0.2, 0.25) is 0 Å². The van der Waals surface area contributed by atoms with E-state index in [1.165, 1.54) is 0 Å². The van der Waals surface area contributed by atoms with Crippen molar-refractivity contribution in [1.82, 2.24) is 4.90 Å². The number of carbonyl (C=O) groups is 2. The van der Waals surface area contributed by atoms with E-state index in [1.807, 2.05) is 0 Å². The average molecular weight is 443 g/mol. The molecular formula is C18H35NO7Zn. The molecule has 0 saturated carbocycles. The van der Waals surface area contributed by atoms with Crippen molar-refractivity contribution < 1.29 is 54.6 Å². The van der Waals surface area contributed by atoms with Crippen molar-refractivity contribution in [3.05, 3.63) is 0 Å². The predicted octanol–water partition coefficient (Wildman–Crippen LogP) is -1.35. The van der Waals surface area contributed by atoms with Crippen molar-refractivity contribution in [3.63, 3.8) is 0 Å². The van der Waals surface area contributed by atoms with Gasteiger partial charge in [0.15, 0.2) is 0 Å². The van der Waals surface area contributed by atoms with Gasteiger partial charge < -0.3 is 35.1 Å². The van der Waals surface area contributed by atoms with Crippen LogP contribution in [0.5, 0.6) is 0 Å². The van der Waals surface area contributed by atoms with Gasteiger partial charge in [0.05, 0.1) is 19.8 Å². The van der Waals surface area contributed by atoms with Gasteiger partial charge in [0.1, 0.15) is 0 Å². The summed E-state index contributed by atoms with van der Waals surface area (Å²) in [6.45, 7) is 1.75. The van der Waals surface area contributed by atoms with E-state index < -0.39 is 11.9 Å². The average Bonchev–Trinajstić information content (AvgIpc) is 2.57. The first kappa shape index (κ1) is 31.1. The molecule has 0 aromatic heterocycles. The van der Waals surface area contributed by atoms with Gasteiger partial charge in [-0.1, -0.05) is 38.5 Å². The summed E-state index contributed by atoms with van der Waals surface area (Å²) in [5, 5.41) is 45.6. The number of nitrogens with zero attached hydrogens (tertiary/aromatic N) is 1. The van der Waals surface area contributed by atoms with Gasteiger partial charge in [0.2, 0.25) is 0 Å². The summed E-state index contributed by atoms with van der Waals surface area (Å²) in [5.41, 5.74) is 0. The fraction of sp³-hybridized carbons (Fsp3) is 0.889. The smallest absolute Gasteiger partial charge is 0.550 e. The van der Waals surface area contributed by atoms with E-state index in [0.29, 0.717) is 32.5 Å². The van der Waals surface area contributed by atoms with Gasteiger partial charge in [0.25, 0.3) is 0 Å². The summed E-state index contributed by atoms with van der Waals surface area (Å²) >= 11 is 0. The van der Waals surface area contributed by atoms with Crippen LogP contribution in [0.15, 0.2) is 0 Å². The third kappa shape index (κ3) is 30.4. The first-order valence-electron chi connectivity index (χ1n) is 9.42. The zero-order chi connectivity index (χ0) is 20.0. The first-order chi connectivity index (χ1) is 12.5. The molecule has 0 aromatic carbocycles. The second-order valence-corrected chi connectivity index (χ2v) is 6.08. The molecule has 8 nitrogen and oxygen atoms in total. The molecule has 0 radical (unpaired) electrons. The minimum atomic E-state index is -0.970. The quantitative estimate of drug-likeness (QED) is 0.185. The molecule has 27 heavy (non-hydrogen) atoms. The van der Waals surface area contributed by atoms with Crippen molar-refractivity contribution in [2.24, 2.45) is 0 Å². The Morgan fingerprint density at radius 3 is 1.07 bits per heavy atom. The van der Waals surface area contributed by atoms with Crippen molar-refractivity contribution in [2.75, 3.05) is 39.5 Å². The van der Waals surface area contributed by atoms with Crippen LogP contribution >= 0.6 is 0 Å². The Bertz CT molecular complexity index is 297. The molecule has 0 fully saturated rings. The molecule has 3 N–H and O–H groups in total. The summed E-state index contributed by atoms with van der Waals surface area (Å²) in [6.07, 6.45) is 7.88. The second-order valence-electron chi connectivity index (χ2n) is 6.08. The molecule has 0 spiro atoms.